The molecule has 2 aliphatic heterocycles. The molecule has 0 unspecified atom stereocenters. The predicted octanol–water partition coefficient (Wildman–Crippen LogP) is 5.93. The Morgan fingerprint density at radius 3 is 2.48 bits per heavy atom. The molecule has 3 fully saturated rings. The molecule has 0 radical (unpaired) electrons. The molecule has 2 bridgehead atoms. The molecule has 216 valence electrons. The Balaban J connectivity index is 1.92. The Morgan fingerprint density at radius 1 is 1.25 bits per heavy atom. The highest BCUT2D eigenvalue weighted by Crippen LogP contribution is 2.50. The van der Waals surface area contributed by atoms with Crippen molar-refractivity contribution in [3.8, 4) is 11.9 Å². The van der Waals surface area contributed by atoms with Gasteiger partial charge in [-0.05, 0) is 81.9 Å². The number of halogens is 2. The van der Waals surface area contributed by atoms with Crippen LogP contribution in [0, 0.1) is 23.1 Å². The molecule has 12 heteroatoms. The van der Waals surface area contributed by atoms with Crippen molar-refractivity contribution in [2.45, 2.75) is 84.1 Å². The number of aromatic nitrogens is 1. The Hall–Kier alpha value is -3.33. The van der Waals surface area contributed by atoms with Crippen LogP contribution in [0.4, 0.5) is 25.4 Å². The van der Waals surface area contributed by atoms with Gasteiger partial charge in [0.2, 0.25) is 5.88 Å². The Bertz CT molecular complexity index is 1400. The molecule has 2 amide bonds. The van der Waals surface area contributed by atoms with Gasteiger partial charge in [-0.25, -0.2) is 19.0 Å². The number of hydrogen-bond donors (Lipinski definition) is 1. The van der Waals surface area contributed by atoms with Crippen molar-refractivity contribution in [1.82, 2.24) is 9.88 Å². The molecule has 1 aromatic carbocycles. The number of rotatable bonds is 5. The zero-order chi connectivity index (χ0) is 29.7. The number of amides is 2. The summed E-state index contributed by atoms with van der Waals surface area (Å²) in [7, 11) is 1.36. The highest BCUT2D eigenvalue weighted by molar-refractivity contribution is 9.10. The highest BCUT2D eigenvalue weighted by Gasteiger charge is 2.59. The minimum absolute atomic E-state index is 0.0314. The van der Waals surface area contributed by atoms with E-state index in [1.807, 2.05) is 0 Å². The van der Waals surface area contributed by atoms with Crippen LogP contribution in [0.3, 0.4) is 0 Å². The van der Waals surface area contributed by atoms with E-state index in [2.05, 4.69) is 27.0 Å². The fourth-order valence-corrected chi connectivity index (χ4v) is 5.83. The number of fused-ring (bicyclic) bond motifs is 2. The number of methoxy groups -OCH3 is 1. The lowest BCUT2D eigenvalue weighted by atomic mass is 9.78. The van der Waals surface area contributed by atoms with Crippen LogP contribution >= 0.6 is 15.9 Å². The Morgan fingerprint density at radius 2 is 1.90 bits per heavy atom. The number of aryl methyl sites for hydroxylation is 1. The molecule has 3 heterocycles. The number of pyridine rings is 1. The van der Waals surface area contributed by atoms with Gasteiger partial charge in [-0.15, -0.1) is 0 Å². The van der Waals surface area contributed by atoms with Gasteiger partial charge in [-0.3, -0.25) is 4.90 Å². The van der Waals surface area contributed by atoms with E-state index >= 15 is 4.39 Å². The van der Waals surface area contributed by atoms with E-state index in [1.165, 1.54) is 12.0 Å². The summed E-state index contributed by atoms with van der Waals surface area (Å²) in [6, 6.07) is 2.89. The number of hydrogen-bond acceptors (Lipinski definition) is 8. The third-order valence-electron chi connectivity index (χ3n) is 6.92. The van der Waals surface area contributed by atoms with E-state index in [0.717, 1.165) is 0 Å². The summed E-state index contributed by atoms with van der Waals surface area (Å²) >= 11 is 3.30. The average molecular weight is 621 g/mol. The second kappa shape index (κ2) is 10.6. The monoisotopic (exact) mass is 619 g/mol. The average Bonchev–Trinajstić information content (AvgIpc) is 3.43. The first kappa shape index (κ1) is 29.6. The fraction of sp³-hybridized carbons (Fsp3) is 0.571. The Labute approximate surface area is 241 Å². The summed E-state index contributed by atoms with van der Waals surface area (Å²) in [6.45, 7) is 11.0. The van der Waals surface area contributed by atoms with Gasteiger partial charge in [0.05, 0.1) is 35.4 Å². The first-order chi connectivity index (χ1) is 18.6. The molecular weight excluding hydrogens is 585 g/mol. The van der Waals surface area contributed by atoms with Crippen LogP contribution in [0.15, 0.2) is 10.5 Å². The number of anilines is 2. The van der Waals surface area contributed by atoms with Gasteiger partial charge >= 0.3 is 12.2 Å². The molecule has 2 N–H and O–H groups in total. The molecule has 40 heavy (non-hydrogen) atoms. The lowest BCUT2D eigenvalue weighted by Gasteiger charge is -2.44. The summed E-state index contributed by atoms with van der Waals surface area (Å²) in [6.07, 6.45) is -0.0722. The summed E-state index contributed by atoms with van der Waals surface area (Å²) in [5.74, 6) is -0.805. The summed E-state index contributed by atoms with van der Waals surface area (Å²) in [5, 5.41) is 9.41. The minimum atomic E-state index is -0.850. The number of nitrogen functional groups attached to an aromatic ring is 1. The second-order valence-electron chi connectivity index (χ2n) is 12.1. The number of carbonyl (C=O) groups is 2. The topological polar surface area (TPSA) is 131 Å². The third-order valence-corrected chi connectivity index (χ3v) is 7.78. The predicted molar refractivity (Wildman–Crippen MR) is 152 cm³/mol. The van der Waals surface area contributed by atoms with Gasteiger partial charge in [-0.1, -0.05) is 0 Å². The molecule has 10 nitrogen and oxygen atoms in total. The van der Waals surface area contributed by atoms with E-state index in [-0.39, 0.29) is 57.4 Å². The molecule has 3 aliphatic rings. The molecule has 1 aliphatic carbocycles. The van der Waals surface area contributed by atoms with Gasteiger partial charge < -0.3 is 24.8 Å². The molecule has 1 saturated carbocycles. The molecule has 1 aromatic heterocycles. The van der Waals surface area contributed by atoms with E-state index in [4.69, 9.17) is 25.2 Å². The van der Waals surface area contributed by atoms with Crippen LogP contribution in [0.5, 0.6) is 5.88 Å². The third kappa shape index (κ3) is 5.48. The quantitative estimate of drug-likeness (QED) is 0.435. The number of nitrogens with two attached hydrogens (primary N) is 1. The molecule has 2 saturated heterocycles. The van der Waals surface area contributed by atoms with Crippen molar-refractivity contribution in [2.75, 3.05) is 24.3 Å². The molecular formula is C28H35BrFN5O5. The van der Waals surface area contributed by atoms with Crippen LogP contribution in [-0.4, -0.2) is 59.0 Å². The minimum Gasteiger partial charge on any atom is -0.479 e. The maximum absolute atomic E-state index is 15.7. The smallest absolute Gasteiger partial charge is 0.415 e. The summed E-state index contributed by atoms with van der Waals surface area (Å²) < 4.78 is 32.8. The van der Waals surface area contributed by atoms with E-state index in [0.29, 0.717) is 18.5 Å². The molecule has 5 rings (SSSR count). The van der Waals surface area contributed by atoms with Crippen LogP contribution in [0.1, 0.15) is 59.9 Å². The van der Waals surface area contributed by atoms with Crippen LogP contribution in [0.2, 0.25) is 0 Å². The van der Waals surface area contributed by atoms with Gasteiger partial charge in [0.15, 0.2) is 5.82 Å². The largest absolute Gasteiger partial charge is 0.479 e. The standard InChI is InChI=1S/C28H35BrFN5O5/c1-27(2,3)39-25(36)34-13-15-12-17(34)22(15)35(26(37)40-28(4,5)6)23-16-11-14(9-8-10-31)18(29)19(30)21(16)33-24(38-7)20(23)32/h11,15,17,22H,8-9,12-13,32H2,1-7H3/t15-,17-,22+/m1/s1. The number of nitrogens with zero attached hydrogens (tertiary/aromatic N) is 4. The lowest BCUT2D eigenvalue weighted by Crippen LogP contribution is -2.58. The fourth-order valence-electron chi connectivity index (χ4n) is 5.33. The summed E-state index contributed by atoms with van der Waals surface area (Å²) in [4.78, 5) is 34.3. The van der Waals surface area contributed by atoms with Gasteiger partial charge in [-0.2, -0.15) is 5.26 Å². The van der Waals surface area contributed by atoms with Crippen LogP contribution in [0.25, 0.3) is 10.9 Å². The number of benzene rings is 1. The first-order valence-corrected chi connectivity index (χ1v) is 13.9. The van der Waals surface area contributed by atoms with Crippen LogP contribution in [-0.2, 0) is 15.9 Å². The maximum atomic E-state index is 15.7. The van der Waals surface area contributed by atoms with E-state index < -0.39 is 35.2 Å². The van der Waals surface area contributed by atoms with Gasteiger partial charge in [0.25, 0.3) is 0 Å². The van der Waals surface area contributed by atoms with Crippen LogP contribution < -0.4 is 15.4 Å². The van der Waals surface area contributed by atoms with Gasteiger partial charge in [0.1, 0.15) is 22.4 Å². The number of nitriles is 1. The zero-order valence-corrected chi connectivity index (χ0v) is 25.4. The lowest BCUT2D eigenvalue weighted by molar-refractivity contribution is 0.0217. The van der Waals surface area contributed by atoms with Crippen molar-refractivity contribution >= 4 is 50.4 Å². The van der Waals surface area contributed by atoms with Crippen molar-refractivity contribution in [3.05, 3.63) is 21.9 Å². The summed E-state index contributed by atoms with van der Waals surface area (Å²) in [5.41, 5.74) is 5.72. The van der Waals surface area contributed by atoms with Crippen molar-refractivity contribution < 1.29 is 28.2 Å². The molecule has 2 aromatic rings. The number of ether oxygens (including phenoxy) is 3. The second-order valence-corrected chi connectivity index (χ2v) is 12.9. The van der Waals surface area contributed by atoms with Crippen molar-refractivity contribution in [2.24, 2.45) is 5.92 Å². The Kier molecular flexibility index (Phi) is 7.84. The first-order valence-electron chi connectivity index (χ1n) is 13.1. The van der Waals surface area contributed by atoms with Crippen molar-refractivity contribution in [3.63, 3.8) is 0 Å². The maximum Gasteiger partial charge on any atom is 0.415 e. The molecule has 3 atom stereocenters. The van der Waals surface area contributed by atoms with Crippen molar-refractivity contribution in [1.29, 1.82) is 5.26 Å². The number of carbonyl (C=O) groups excluding carboxylic acids is 2. The normalized spacial score (nSPS) is 20.1. The highest BCUT2D eigenvalue weighted by atomic mass is 79.9. The molecule has 0 spiro atoms. The van der Waals surface area contributed by atoms with Gasteiger partial charge in [0, 0.05) is 24.3 Å². The van der Waals surface area contributed by atoms with E-state index in [1.54, 1.807) is 52.5 Å². The SMILES string of the molecule is COc1nc2c(F)c(Br)c(CCC#N)cc2c(N(C(=O)OC(C)(C)C)[C@H]2[C@@H]3C[C@H]2N(C(=O)OC(C)(C)C)C3)c1N. The zero-order valence-electron chi connectivity index (χ0n) is 23.8. The van der Waals surface area contributed by atoms with E-state index in [9.17, 15) is 9.59 Å².